The molecule has 0 bridgehead atoms. The zero-order valence-electron chi connectivity index (χ0n) is 12.0. The van der Waals surface area contributed by atoms with E-state index >= 15 is 0 Å². The molecule has 0 N–H and O–H groups in total. The van der Waals surface area contributed by atoms with Crippen LogP contribution < -0.4 is 0 Å². The summed E-state index contributed by atoms with van der Waals surface area (Å²) in [5.74, 6) is 1.32. The number of carbonyl (C=O) groups excluding carboxylic acids is 1. The van der Waals surface area contributed by atoms with Gasteiger partial charge in [0.1, 0.15) is 5.82 Å². The lowest BCUT2D eigenvalue weighted by atomic mass is 10.0. The van der Waals surface area contributed by atoms with Gasteiger partial charge in [-0.1, -0.05) is 30.3 Å². The molecule has 21 heavy (non-hydrogen) atoms. The molecular formula is C18H16N2O. The Morgan fingerprint density at radius 3 is 2.81 bits per heavy atom. The second-order valence-corrected chi connectivity index (χ2v) is 5.62. The van der Waals surface area contributed by atoms with Crippen LogP contribution in [0, 0.1) is 0 Å². The third-order valence-corrected chi connectivity index (χ3v) is 4.40. The summed E-state index contributed by atoms with van der Waals surface area (Å²) in [6, 6.07) is 14.2. The van der Waals surface area contributed by atoms with Crippen LogP contribution >= 0.6 is 0 Å². The summed E-state index contributed by atoms with van der Waals surface area (Å²) >= 11 is 0. The van der Waals surface area contributed by atoms with E-state index in [1.165, 1.54) is 11.1 Å². The first-order valence-electron chi connectivity index (χ1n) is 7.28. The van der Waals surface area contributed by atoms with Crippen LogP contribution in [0.25, 0.3) is 11.0 Å². The van der Waals surface area contributed by atoms with Crippen molar-refractivity contribution in [3.05, 3.63) is 65.0 Å². The van der Waals surface area contributed by atoms with Crippen LogP contribution in [0.4, 0.5) is 0 Å². The Balaban J connectivity index is 1.79. The van der Waals surface area contributed by atoms with Crippen molar-refractivity contribution >= 4 is 16.8 Å². The van der Waals surface area contributed by atoms with Gasteiger partial charge in [-0.05, 0) is 29.7 Å². The number of nitrogens with zero attached hydrogens (tertiary/aromatic N) is 2. The third kappa shape index (κ3) is 1.88. The van der Waals surface area contributed by atoms with Gasteiger partial charge in [0.05, 0.1) is 11.0 Å². The molecule has 3 heteroatoms. The summed E-state index contributed by atoms with van der Waals surface area (Å²) in [5.41, 5.74) is 5.53. The molecular weight excluding hydrogens is 260 g/mol. The first kappa shape index (κ1) is 12.3. The smallest absolute Gasteiger partial charge is 0.163 e. The Bertz CT molecular complexity index is 861. The number of benzene rings is 2. The molecule has 3 nitrogen and oxygen atoms in total. The highest BCUT2D eigenvalue weighted by molar-refractivity contribution is 6.00. The molecule has 0 aliphatic heterocycles. The number of ketones is 1. The van der Waals surface area contributed by atoms with Crippen molar-refractivity contribution in [1.82, 2.24) is 9.55 Å². The minimum absolute atomic E-state index is 0.275. The molecule has 0 radical (unpaired) electrons. The van der Waals surface area contributed by atoms with Gasteiger partial charge >= 0.3 is 0 Å². The topological polar surface area (TPSA) is 34.9 Å². The van der Waals surface area contributed by atoms with E-state index in [1.807, 2.05) is 30.3 Å². The summed E-state index contributed by atoms with van der Waals surface area (Å²) in [7, 11) is 2.05. The van der Waals surface area contributed by atoms with Crippen LogP contribution in [0.1, 0.15) is 33.7 Å². The van der Waals surface area contributed by atoms with E-state index in [1.54, 1.807) is 0 Å². The second-order valence-electron chi connectivity index (χ2n) is 5.62. The number of hydrogen-bond donors (Lipinski definition) is 0. The highest BCUT2D eigenvalue weighted by atomic mass is 16.1. The maximum Gasteiger partial charge on any atom is 0.163 e. The first-order chi connectivity index (χ1) is 10.2. The van der Waals surface area contributed by atoms with Gasteiger partial charge in [-0.15, -0.1) is 0 Å². The minimum atomic E-state index is 0.275. The molecule has 3 aromatic rings. The Kier molecular flexibility index (Phi) is 2.67. The average Bonchev–Trinajstić information content (AvgIpc) is 3.03. The summed E-state index contributed by atoms with van der Waals surface area (Å²) < 4.78 is 2.14. The van der Waals surface area contributed by atoms with Crippen molar-refractivity contribution in [3.8, 4) is 0 Å². The first-order valence-corrected chi connectivity index (χ1v) is 7.28. The minimum Gasteiger partial charge on any atom is -0.331 e. The van der Waals surface area contributed by atoms with Gasteiger partial charge in [-0.2, -0.15) is 0 Å². The predicted molar refractivity (Wildman–Crippen MR) is 82.6 cm³/mol. The number of aryl methyl sites for hydroxylation is 1. The van der Waals surface area contributed by atoms with Crippen molar-refractivity contribution in [3.63, 3.8) is 0 Å². The Morgan fingerprint density at radius 2 is 1.95 bits per heavy atom. The van der Waals surface area contributed by atoms with Crippen molar-refractivity contribution in [2.75, 3.05) is 0 Å². The number of Topliss-reactive ketones (excluding diaryl/α,β-unsaturated/α-hetero) is 1. The number of imidazole rings is 1. The van der Waals surface area contributed by atoms with Crippen LogP contribution in [0.5, 0.6) is 0 Å². The predicted octanol–water partition coefficient (Wildman–Crippen LogP) is 3.29. The van der Waals surface area contributed by atoms with Crippen LogP contribution in [-0.2, 0) is 19.9 Å². The van der Waals surface area contributed by atoms with E-state index < -0.39 is 0 Å². The van der Waals surface area contributed by atoms with Gasteiger partial charge in [0.2, 0.25) is 0 Å². The highest BCUT2D eigenvalue weighted by Crippen LogP contribution is 2.27. The molecule has 1 aromatic heterocycles. The molecule has 0 spiro atoms. The van der Waals surface area contributed by atoms with Crippen molar-refractivity contribution in [1.29, 1.82) is 0 Å². The van der Waals surface area contributed by atoms with Gasteiger partial charge in [-0.25, -0.2) is 4.98 Å². The fourth-order valence-electron chi connectivity index (χ4n) is 3.25. The molecule has 1 aliphatic rings. The maximum atomic E-state index is 11.9. The summed E-state index contributed by atoms with van der Waals surface area (Å²) in [4.78, 5) is 16.6. The number of para-hydroxylation sites is 2. The van der Waals surface area contributed by atoms with Gasteiger partial charge in [0.25, 0.3) is 0 Å². The lowest BCUT2D eigenvalue weighted by Gasteiger charge is -2.08. The van der Waals surface area contributed by atoms with Gasteiger partial charge in [-0.3, -0.25) is 4.79 Å². The monoisotopic (exact) mass is 276 g/mol. The largest absolute Gasteiger partial charge is 0.331 e. The zero-order valence-corrected chi connectivity index (χ0v) is 12.0. The SMILES string of the molecule is Cn1c(Cc2cccc3c2CCC3=O)nc2ccccc21. The molecule has 0 amide bonds. The second kappa shape index (κ2) is 4.55. The van der Waals surface area contributed by atoms with E-state index in [-0.39, 0.29) is 5.78 Å². The molecule has 1 heterocycles. The number of hydrogen-bond acceptors (Lipinski definition) is 2. The number of aromatic nitrogens is 2. The highest BCUT2D eigenvalue weighted by Gasteiger charge is 2.22. The zero-order chi connectivity index (χ0) is 14.4. The van der Waals surface area contributed by atoms with Crippen LogP contribution in [0.3, 0.4) is 0 Å². The fraction of sp³-hybridized carbons (Fsp3) is 0.222. The van der Waals surface area contributed by atoms with Crippen molar-refractivity contribution in [2.45, 2.75) is 19.3 Å². The molecule has 2 aromatic carbocycles. The van der Waals surface area contributed by atoms with Gasteiger partial charge in [0, 0.05) is 25.5 Å². The molecule has 104 valence electrons. The average molecular weight is 276 g/mol. The molecule has 0 saturated carbocycles. The quantitative estimate of drug-likeness (QED) is 0.720. The summed E-state index contributed by atoms with van der Waals surface area (Å²) in [6.45, 7) is 0. The van der Waals surface area contributed by atoms with Crippen LogP contribution in [0.2, 0.25) is 0 Å². The van der Waals surface area contributed by atoms with E-state index in [0.717, 1.165) is 35.3 Å². The lowest BCUT2D eigenvalue weighted by Crippen LogP contribution is -2.02. The van der Waals surface area contributed by atoms with E-state index in [9.17, 15) is 4.79 Å². The molecule has 0 saturated heterocycles. The summed E-state index contributed by atoms with van der Waals surface area (Å²) in [6.07, 6.45) is 2.30. The van der Waals surface area contributed by atoms with Crippen LogP contribution in [0.15, 0.2) is 42.5 Å². The molecule has 0 atom stereocenters. The van der Waals surface area contributed by atoms with Crippen molar-refractivity contribution in [2.24, 2.45) is 7.05 Å². The molecule has 0 unspecified atom stereocenters. The number of carbonyl (C=O) groups is 1. The molecule has 4 rings (SSSR count). The standard InChI is InChI=1S/C18H16N2O/c1-20-16-8-3-2-7-15(16)19-18(20)11-12-5-4-6-14-13(12)9-10-17(14)21/h2-8H,9-11H2,1H3. The van der Waals surface area contributed by atoms with Crippen molar-refractivity contribution < 1.29 is 4.79 Å². The normalized spacial score (nSPS) is 13.9. The number of fused-ring (bicyclic) bond motifs is 2. The van der Waals surface area contributed by atoms with E-state index in [0.29, 0.717) is 6.42 Å². The van der Waals surface area contributed by atoms with Crippen LogP contribution in [-0.4, -0.2) is 15.3 Å². The lowest BCUT2D eigenvalue weighted by molar-refractivity contribution is 0.0994. The van der Waals surface area contributed by atoms with E-state index in [2.05, 4.69) is 23.7 Å². The molecule has 1 aliphatic carbocycles. The summed E-state index contributed by atoms with van der Waals surface area (Å²) in [5, 5.41) is 0. The van der Waals surface area contributed by atoms with Gasteiger partial charge in [0.15, 0.2) is 5.78 Å². The Morgan fingerprint density at radius 1 is 1.10 bits per heavy atom. The Hall–Kier alpha value is -2.42. The number of rotatable bonds is 2. The third-order valence-electron chi connectivity index (χ3n) is 4.40. The fourth-order valence-corrected chi connectivity index (χ4v) is 3.25. The maximum absolute atomic E-state index is 11.9. The molecule has 0 fully saturated rings. The Labute approximate surface area is 123 Å². The van der Waals surface area contributed by atoms with Gasteiger partial charge < -0.3 is 4.57 Å². The van der Waals surface area contributed by atoms with E-state index in [4.69, 9.17) is 4.98 Å².